The van der Waals surface area contributed by atoms with E-state index in [1.807, 2.05) is 71.8 Å². The van der Waals surface area contributed by atoms with Crippen LogP contribution < -0.4 is 10.2 Å². The molecule has 0 bridgehead atoms. The van der Waals surface area contributed by atoms with Crippen LogP contribution in [0, 0.1) is 0 Å². The van der Waals surface area contributed by atoms with Gasteiger partial charge in [-0.05, 0) is 17.7 Å². The maximum absolute atomic E-state index is 12.2. The molecule has 3 rings (SSSR count). The molecule has 94 valence electrons. The molecule has 1 amide bonds. The van der Waals surface area contributed by atoms with Gasteiger partial charge in [-0.15, -0.1) is 0 Å². The van der Waals surface area contributed by atoms with Crippen LogP contribution in [0.2, 0.25) is 0 Å². The van der Waals surface area contributed by atoms with Crippen molar-refractivity contribution in [2.45, 2.75) is 6.04 Å². The third-order valence-corrected chi connectivity index (χ3v) is 3.16. The van der Waals surface area contributed by atoms with E-state index in [1.165, 1.54) is 0 Å². The first-order valence-electron chi connectivity index (χ1n) is 6.21. The molecule has 2 aromatic rings. The summed E-state index contributed by atoms with van der Waals surface area (Å²) in [5, 5.41) is 2.77. The van der Waals surface area contributed by atoms with Crippen LogP contribution >= 0.6 is 0 Å². The van der Waals surface area contributed by atoms with Crippen LogP contribution in [0.25, 0.3) is 0 Å². The fourth-order valence-corrected chi connectivity index (χ4v) is 2.27. The Morgan fingerprint density at radius 3 is 2.21 bits per heavy atom. The molecule has 1 aliphatic heterocycles. The second kappa shape index (κ2) is 4.98. The molecule has 0 radical (unpaired) electrons. The van der Waals surface area contributed by atoms with Crippen LogP contribution in [0.15, 0.2) is 73.1 Å². The predicted molar refractivity (Wildman–Crippen MR) is 75.4 cm³/mol. The van der Waals surface area contributed by atoms with Gasteiger partial charge in [-0.25, -0.2) is 0 Å². The molecule has 3 nitrogen and oxygen atoms in total. The summed E-state index contributed by atoms with van der Waals surface area (Å²) in [5.74, 6) is -0.0162. The smallest absolute Gasteiger partial charge is 0.251 e. The van der Waals surface area contributed by atoms with Gasteiger partial charge in [0.1, 0.15) is 6.04 Å². The van der Waals surface area contributed by atoms with Gasteiger partial charge in [-0.3, -0.25) is 4.79 Å². The lowest BCUT2D eigenvalue weighted by Gasteiger charge is -2.32. The zero-order valence-corrected chi connectivity index (χ0v) is 10.4. The van der Waals surface area contributed by atoms with Crippen LogP contribution in [0.4, 0.5) is 5.69 Å². The molecule has 2 aromatic carbocycles. The minimum absolute atomic E-state index is 0.0162. The standard InChI is InChI=1S/C16H14N2O/c19-16-15(13-7-3-1-4-8-13)18(12-11-17-16)14-9-5-2-6-10-14/h1-12,15H,(H,17,19). The Morgan fingerprint density at radius 2 is 1.53 bits per heavy atom. The third kappa shape index (κ3) is 2.22. The average molecular weight is 250 g/mol. The van der Waals surface area contributed by atoms with Crippen molar-refractivity contribution in [3.05, 3.63) is 78.6 Å². The molecule has 1 unspecified atom stereocenters. The average Bonchev–Trinajstić information content (AvgIpc) is 2.49. The van der Waals surface area contributed by atoms with E-state index in [-0.39, 0.29) is 11.9 Å². The van der Waals surface area contributed by atoms with Crippen molar-refractivity contribution in [3.8, 4) is 0 Å². The van der Waals surface area contributed by atoms with E-state index in [4.69, 9.17) is 0 Å². The summed E-state index contributed by atoms with van der Waals surface area (Å²) in [7, 11) is 0. The number of hydrogen-bond acceptors (Lipinski definition) is 2. The summed E-state index contributed by atoms with van der Waals surface area (Å²) in [6.45, 7) is 0. The minimum Gasteiger partial charge on any atom is -0.330 e. The number of nitrogens with one attached hydrogen (secondary N) is 1. The van der Waals surface area contributed by atoms with Crippen molar-refractivity contribution in [1.82, 2.24) is 5.32 Å². The normalized spacial score (nSPS) is 18.2. The minimum atomic E-state index is -0.325. The highest BCUT2D eigenvalue weighted by molar-refractivity contribution is 5.89. The second-order valence-corrected chi connectivity index (χ2v) is 4.38. The monoisotopic (exact) mass is 250 g/mol. The van der Waals surface area contributed by atoms with Crippen LogP contribution in [-0.2, 0) is 4.79 Å². The van der Waals surface area contributed by atoms with E-state index in [1.54, 1.807) is 6.20 Å². The van der Waals surface area contributed by atoms with Gasteiger partial charge >= 0.3 is 0 Å². The molecule has 19 heavy (non-hydrogen) atoms. The lowest BCUT2D eigenvalue weighted by atomic mass is 10.0. The number of anilines is 1. The van der Waals surface area contributed by atoms with Gasteiger partial charge in [0, 0.05) is 18.1 Å². The quantitative estimate of drug-likeness (QED) is 0.889. The molecule has 3 heteroatoms. The first kappa shape index (κ1) is 11.5. The summed E-state index contributed by atoms with van der Waals surface area (Å²) < 4.78 is 0. The lowest BCUT2D eigenvalue weighted by Crippen LogP contribution is -2.40. The van der Waals surface area contributed by atoms with Gasteiger partial charge in [0.2, 0.25) is 0 Å². The number of benzene rings is 2. The Morgan fingerprint density at radius 1 is 0.895 bits per heavy atom. The van der Waals surface area contributed by atoms with E-state index < -0.39 is 0 Å². The first-order chi connectivity index (χ1) is 9.36. The van der Waals surface area contributed by atoms with Crippen LogP contribution in [0.3, 0.4) is 0 Å². The van der Waals surface area contributed by atoms with E-state index in [0.717, 1.165) is 11.3 Å². The molecular formula is C16H14N2O. The van der Waals surface area contributed by atoms with Gasteiger partial charge in [-0.1, -0.05) is 48.5 Å². The van der Waals surface area contributed by atoms with Gasteiger partial charge in [-0.2, -0.15) is 0 Å². The summed E-state index contributed by atoms with van der Waals surface area (Å²) in [4.78, 5) is 14.2. The largest absolute Gasteiger partial charge is 0.330 e. The van der Waals surface area contributed by atoms with E-state index in [9.17, 15) is 4.79 Å². The number of carbonyl (C=O) groups excluding carboxylic acids is 1. The Kier molecular flexibility index (Phi) is 3.02. The Bertz CT molecular complexity index is 593. The molecule has 0 saturated carbocycles. The van der Waals surface area contributed by atoms with Gasteiger partial charge < -0.3 is 10.2 Å². The van der Waals surface area contributed by atoms with Gasteiger partial charge in [0.25, 0.3) is 5.91 Å². The van der Waals surface area contributed by atoms with Crippen molar-refractivity contribution >= 4 is 11.6 Å². The maximum atomic E-state index is 12.2. The number of rotatable bonds is 2. The highest BCUT2D eigenvalue weighted by Gasteiger charge is 2.28. The number of nitrogens with zero attached hydrogens (tertiary/aromatic N) is 1. The molecule has 0 saturated heterocycles. The van der Waals surface area contributed by atoms with E-state index >= 15 is 0 Å². The van der Waals surface area contributed by atoms with Crippen molar-refractivity contribution in [2.75, 3.05) is 4.90 Å². The SMILES string of the molecule is O=C1NC=CN(c2ccccc2)C1c1ccccc1. The summed E-state index contributed by atoms with van der Waals surface area (Å²) in [6.07, 6.45) is 3.57. The number of hydrogen-bond donors (Lipinski definition) is 1. The van der Waals surface area contributed by atoms with E-state index in [2.05, 4.69) is 5.32 Å². The molecule has 1 atom stereocenters. The highest BCUT2D eigenvalue weighted by atomic mass is 16.2. The molecule has 0 aliphatic carbocycles. The summed E-state index contributed by atoms with van der Waals surface area (Å²) in [6, 6.07) is 19.4. The molecule has 0 aromatic heterocycles. The topological polar surface area (TPSA) is 32.3 Å². The zero-order valence-electron chi connectivity index (χ0n) is 10.4. The molecule has 0 spiro atoms. The van der Waals surface area contributed by atoms with Crippen LogP contribution in [0.5, 0.6) is 0 Å². The van der Waals surface area contributed by atoms with Crippen LogP contribution in [0.1, 0.15) is 11.6 Å². The fourth-order valence-electron chi connectivity index (χ4n) is 2.27. The first-order valence-corrected chi connectivity index (χ1v) is 6.21. The van der Waals surface area contributed by atoms with Gasteiger partial charge in [0.15, 0.2) is 0 Å². The predicted octanol–water partition coefficient (Wildman–Crippen LogP) is 2.84. The molecular weight excluding hydrogens is 236 g/mol. The number of amides is 1. The van der Waals surface area contributed by atoms with Crippen molar-refractivity contribution in [2.24, 2.45) is 0 Å². The summed E-state index contributed by atoms with van der Waals surface area (Å²) in [5.41, 5.74) is 1.98. The van der Waals surface area contributed by atoms with Gasteiger partial charge in [0.05, 0.1) is 0 Å². The van der Waals surface area contributed by atoms with Crippen LogP contribution in [-0.4, -0.2) is 5.91 Å². The molecule has 0 fully saturated rings. The lowest BCUT2D eigenvalue weighted by molar-refractivity contribution is -0.121. The van der Waals surface area contributed by atoms with Crippen molar-refractivity contribution < 1.29 is 4.79 Å². The maximum Gasteiger partial charge on any atom is 0.251 e. The second-order valence-electron chi connectivity index (χ2n) is 4.38. The third-order valence-electron chi connectivity index (χ3n) is 3.16. The highest BCUT2D eigenvalue weighted by Crippen LogP contribution is 2.29. The number of para-hydroxylation sites is 1. The molecule has 1 N–H and O–H groups in total. The Balaban J connectivity index is 2.04. The molecule has 1 aliphatic rings. The van der Waals surface area contributed by atoms with Crippen molar-refractivity contribution in [3.63, 3.8) is 0 Å². The Labute approximate surface area is 112 Å². The molecule has 1 heterocycles. The van der Waals surface area contributed by atoms with E-state index in [0.29, 0.717) is 0 Å². The van der Waals surface area contributed by atoms with Crippen molar-refractivity contribution in [1.29, 1.82) is 0 Å². The Hall–Kier alpha value is -2.55. The summed E-state index contributed by atoms with van der Waals surface area (Å²) >= 11 is 0. The zero-order chi connectivity index (χ0) is 13.1. The number of carbonyl (C=O) groups is 1. The fraction of sp³-hybridized carbons (Fsp3) is 0.0625.